The number of hydrogen-bond acceptors (Lipinski definition) is 10. The minimum Gasteiger partial charge on any atom is -0.510 e. The molecule has 3 aliphatic carbocycles. The summed E-state index contributed by atoms with van der Waals surface area (Å²) in [5.74, 6) is -8.00. The first-order valence-electron chi connectivity index (χ1n) is 13.4. The number of aromatic hydroxyl groups is 1. The predicted octanol–water partition coefficient (Wildman–Crippen LogP) is 1.44. The number of nitrogens with one attached hydrogen (secondary N) is 1. The average Bonchev–Trinajstić information content (AvgIpc) is 2.88. The number of nitrogens with zero attached hydrogens (tertiary/aromatic N) is 2. The van der Waals surface area contributed by atoms with Gasteiger partial charge >= 0.3 is 0 Å². The molecule has 0 bridgehead atoms. The number of carbonyl (C=O) groups is 4. The second kappa shape index (κ2) is 10.8. The summed E-state index contributed by atoms with van der Waals surface area (Å²) >= 11 is 6.46. The van der Waals surface area contributed by atoms with Crippen LogP contribution in [0.15, 0.2) is 28.7 Å². The molecule has 0 saturated carbocycles. The molecule has 0 radical (unpaired) electrons. The van der Waals surface area contributed by atoms with Crippen molar-refractivity contribution in [3.05, 3.63) is 44.9 Å². The summed E-state index contributed by atoms with van der Waals surface area (Å²) in [6.45, 7) is 6.69. The summed E-state index contributed by atoms with van der Waals surface area (Å²) in [7, 11) is 3.12. The molecule has 5 atom stereocenters. The van der Waals surface area contributed by atoms with Gasteiger partial charge in [-0.3, -0.25) is 29.0 Å². The zero-order valence-corrected chi connectivity index (χ0v) is 24.2. The van der Waals surface area contributed by atoms with Crippen LogP contribution in [0.25, 0.3) is 0 Å². The smallest absolute Gasteiger partial charge is 0.255 e. The summed E-state index contributed by atoms with van der Waals surface area (Å²) in [6, 6.07) is -0.194. The SMILES string of the molecule is CCN(CC)C(C)C(=O)Nc1c(Cl)cc2c(c1O)C(=O)C1=C(O)[C@]3(O)C(=O)C(C(N)=O)=C(O)[C@@H](N(C)C)C3CC1C2. The first kappa shape index (κ1) is 30.5. The number of phenolic OH excluding ortho intramolecular Hbond substituents is 1. The molecule has 7 N–H and O–H groups in total. The van der Waals surface area contributed by atoms with Crippen molar-refractivity contribution < 1.29 is 39.6 Å². The van der Waals surface area contributed by atoms with E-state index in [4.69, 9.17) is 17.3 Å². The van der Waals surface area contributed by atoms with Crippen molar-refractivity contribution in [1.29, 1.82) is 0 Å². The molecule has 0 fully saturated rings. The topological polar surface area (TPSA) is 194 Å². The number of hydrogen-bond donors (Lipinski definition) is 6. The Morgan fingerprint density at radius 2 is 1.80 bits per heavy atom. The standard InChI is InChI=1S/C28H35ClN4O8/c1-6-33(7-2)11(3)27(40)31-19-15(29)10-13-8-12-9-14-20(32(4)5)23(36)18(26(30)39)25(38)28(14,41)24(37)17(12)21(34)16(13)22(19)35/h10-12,14,20,35-37,41H,6-9H2,1-5H3,(H2,30,39)(H,31,40)/t11?,12?,14?,20-,28-/m0/s1. The first-order chi connectivity index (χ1) is 19.1. The van der Waals surface area contributed by atoms with Crippen molar-refractivity contribution in [2.24, 2.45) is 17.6 Å². The zero-order valence-electron chi connectivity index (χ0n) is 23.5. The van der Waals surface area contributed by atoms with Crippen LogP contribution in [-0.2, 0) is 20.8 Å². The third-order valence-electron chi connectivity index (χ3n) is 8.65. The summed E-state index contributed by atoms with van der Waals surface area (Å²) < 4.78 is 0. The predicted molar refractivity (Wildman–Crippen MR) is 150 cm³/mol. The number of likely N-dealkylation sites (N-methyl/N-ethyl adjacent to an activating group) is 2. The fraction of sp³-hybridized carbons (Fsp3) is 0.500. The molecule has 2 amide bonds. The number of phenols is 1. The van der Waals surface area contributed by atoms with Crippen LogP contribution in [0.3, 0.4) is 0 Å². The number of halogens is 1. The molecule has 13 heteroatoms. The summed E-state index contributed by atoms with van der Waals surface area (Å²) in [6.07, 6.45) is 0.0515. The lowest BCUT2D eigenvalue weighted by atomic mass is 9.58. The Bertz CT molecular complexity index is 1420. The van der Waals surface area contributed by atoms with E-state index >= 15 is 0 Å². The molecular weight excluding hydrogens is 556 g/mol. The van der Waals surface area contributed by atoms with Crippen LogP contribution in [0.1, 0.15) is 43.1 Å². The number of fused-ring (bicyclic) bond motifs is 3. The van der Waals surface area contributed by atoms with E-state index in [0.29, 0.717) is 18.7 Å². The van der Waals surface area contributed by atoms with Crippen molar-refractivity contribution in [2.75, 3.05) is 32.5 Å². The number of benzene rings is 1. The van der Waals surface area contributed by atoms with Crippen molar-refractivity contribution in [2.45, 2.75) is 51.3 Å². The van der Waals surface area contributed by atoms with Crippen LogP contribution in [0.5, 0.6) is 5.75 Å². The second-order valence-corrected chi connectivity index (χ2v) is 11.4. The molecule has 222 valence electrons. The molecular formula is C28H35ClN4O8. The number of amides is 2. The van der Waals surface area contributed by atoms with Crippen LogP contribution in [0, 0.1) is 11.8 Å². The molecule has 12 nitrogen and oxygen atoms in total. The average molecular weight is 591 g/mol. The van der Waals surface area contributed by atoms with Crippen LogP contribution in [0.2, 0.25) is 5.02 Å². The number of ketones is 2. The highest BCUT2D eigenvalue weighted by Gasteiger charge is 2.63. The number of rotatable bonds is 7. The Hall–Kier alpha value is -3.45. The number of allylic oxidation sites excluding steroid dienone is 1. The number of carbonyl (C=O) groups excluding carboxylic acids is 4. The van der Waals surface area contributed by atoms with Crippen molar-refractivity contribution in [3.63, 3.8) is 0 Å². The molecule has 0 saturated heterocycles. The fourth-order valence-corrected chi connectivity index (χ4v) is 6.82. The maximum Gasteiger partial charge on any atom is 0.255 e. The van der Waals surface area contributed by atoms with Crippen LogP contribution < -0.4 is 11.1 Å². The van der Waals surface area contributed by atoms with E-state index in [1.54, 1.807) is 21.0 Å². The van der Waals surface area contributed by atoms with E-state index in [9.17, 15) is 39.6 Å². The molecule has 3 aliphatic rings. The van der Waals surface area contributed by atoms with Gasteiger partial charge in [-0.15, -0.1) is 0 Å². The van der Waals surface area contributed by atoms with Crippen molar-refractivity contribution in [1.82, 2.24) is 9.80 Å². The van der Waals surface area contributed by atoms with E-state index in [1.165, 1.54) is 11.0 Å². The maximum absolute atomic E-state index is 13.9. The van der Waals surface area contributed by atoms with Gasteiger partial charge in [0.05, 0.1) is 22.7 Å². The number of aliphatic hydroxyl groups is 3. The number of nitrogens with two attached hydrogens (primary N) is 1. The largest absolute Gasteiger partial charge is 0.510 e. The third-order valence-corrected chi connectivity index (χ3v) is 8.95. The Balaban J connectivity index is 1.83. The van der Waals surface area contributed by atoms with E-state index in [-0.39, 0.29) is 34.7 Å². The van der Waals surface area contributed by atoms with Gasteiger partial charge in [0.1, 0.15) is 22.8 Å². The minimum atomic E-state index is -2.73. The highest BCUT2D eigenvalue weighted by Crippen LogP contribution is 2.53. The summed E-state index contributed by atoms with van der Waals surface area (Å²) in [5.41, 5.74) is 1.38. The van der Waals surface area contributed by atoms with Crippen molar-refractivity contribution in [3.8, 4) is 5.75 Å². The molecule has 4 rings (SSSR count). The van der Waals surface area contributed by atoms with E-state index in [1.807, 2.05) is 18.7 Å². The molecule has 0 heterocycles. The molecule has 0 aromatic heterocycles. The fourth-order valence-electron chi connectivity index (χ4n) is 6.55. The summed E-state index contributed by atoms with van der Waals surface area (Å²) in [4.78, 5) is 55.7. The normalized spacial score (nSPS) is 26.6. The zero-order chi connectivity index (χ0) is 30.7. The summed E-state index contributed by atoms with van der Waals surface area (Å²) in [5, 5.41) is 47.7. The van der Waals surface area contributed by atoms with Gasteiger partial charge in [0.15, 0.2) is 17.1 Å². The minimum absolute atomic E-state index is 0.00352. The maximum atomic E-state index is 13.9. The first-order valence-corrected chi connectivity index (χ1v) is 13.7. The number of anilines is 1. The number of Topliss-reactive ketones (excluding diaryl/α,β-unsaturated/α-hetero) is 2. The van der Waals surface area contributed by atoms with Gasteiger partial charge in [0.2, 0.25) is 11.7 Å². The van der Waals surface area contributed by atoms with E-state index < -0.39 is 75.7 Å². The Morgan fingerprint density at radius 1 is 1.20 bits per heavy atom. The lowest BCUT2D eigenvalue weighted by Gasteiger charge is -2.50. The van der Waals surface area contributed by atoms with Crippen LogP contribution in [-0.4, -0.2) is 98.5 Å². The van der Waals surface area contributed by atoms with Gasteiger partial charge in [-0.05, 0) is 64.5 Å². The molecule has 41 heavy (non-hydrogen) atoms. The van der Waals surface area contributed by atoms with Gasteiger partial charge in [-0.2, -0.15) is 0 Å². The monoisotopic (exact) mass is 590 g/mol. The number of primary amides is 1. The van der Waals surface area contributed by atoms with Crippen LogP contribution in [0.4, 0.5) is 5.69 Å². The van der Waals surface area contributed by atoms with E-state index in [2.05, 4.69) is 5.32 Å². The molecule has 1 aromatic rings. The van der Waals surface area contributed by atoms with Crippen molar-refractivity contribution >= 4 is 40.7 Å². The highest BCUT2D eigenvalue weighted by molar-refractivity contribution is 6.35. The third kappa shape index (κ3) is 4.49. The highest BCUT2D eigenvalue weighted by atomic mass is 35.5. The van der Waals surface area contributed by atoms with E-state index in [0.717, 1.165) is 0 Å². The molecule has 1 aromatic carbocycles. The van der Waals surface area contributed by atoms with Gasteiger partial charge in [-0.1, -0.05) is 25.4 Å². The molecule has 0 spiro atoms. The van der Waals surface area contributed by atoms with Crippen LogP contribution >= 0.6 is 11.6 Å². The van der Waals surface area contributed by atoms with Gasteiger partial charge in [0, 0.05) is 11.5 Å². The Labute approximate surface area is 242 Å². The lowest BCUT2D eigenvalue weighted by molar-refractivity contribution is -0.148. The lowest BCUT2D eigenvalue weighted by Crippen LogP contribution is -2.63. The van der Waals surface area contributed by atoms with Gasteiger partial charge in [0.25, 0.3) is 5.91 Å². The molecule has 0 aliphatic heterocycles. The Kier molecular flexibility index (Phi) is 8.00. The molecule has 3 unspecified atom stereocenters. The Morgan fingerprint density at radius 3 is 2.34 bits per heavy atom. The van der Waals surface area contributed by atoms with Gasteiger partial charge in [-0.25, -0.2) is 0 Å². The second-order valence-electron chi connectivity index (χ2n) is 11.0. The van der Waals surface area contributed by atoms with Gasteiger partial charge < -0.3 is 31.5 Å². The quantitative estimate of drug-likeness (QED) is 0.200. The number of aliphatic hydroxyl groups excluding tert-OH is 2.